The van der Waals surface area contributed by atoms with Crippen LogP contribution in [0.1, 0.15) is 60.7 Å². The van der Waals surface area contributed by atoms with Crippen LogP contribution < -0.4 is 0 Å². The molecule has 0 saturated heterocycles. The van der Waals surface area contributed by atoms with E-state index in [1.54, 1.807) is 0 Å². The lowest BCUT2D eigenvalue weighted by Crippen LogP contribution is -2.10. The van der Waals surface area contributed by atoms with Crippen molar-refractivity contribution < 1.29 is 0 Å². The monoisotopic (exact) mass is 331 g/mol. The van der Waals surface area contributed by atoms with Crippen molar-refractivity contribution in [2.24, 2.45) is 0 Å². The summed E-state index contributed by atoms with van der Waals surface area (Å²) in [6, 6.07) is 14.6. The van der Waals surface area contributed by atoms with Crippen molar-refractivity contribution in [1.29, 1.82) is 5.26 Å². The summed E-state index contributed by atoms with van der Waals surface area (Å²) in [5, 5.41) is 9.44. The Morgan fingerprint density at radius 2 is 1.76 bits per heavy atom. The van der Waals surface area contributed by atoms with Gasteiger partial charge in [0.25, 0.3) is 0 Å². The molecule has 128 valence electrons. The lowest BCUT2D eigenvalue weighted by atomic mass is 10.0. The van der Waals surface area contributed by atoms with Crippen molar-refractivity contribution in [3.8, 4) is 6.07 Å². The van der Waals surface area contributed by atoms with Gasteiger partial charge in [-0.2, -0.15) is 5.26 Å². The lowest BCUT2D eigenvalue weighted by Gasteiger charge is -2.16. The van der Waals surface area contributed by atoms with Gasteiger partial charge in [0.15, 0.2) is 0 Å². The predicted octanol–water partition coefficient (Wildman–Crippen LogP) is 5.48. The van der Waals surface area contributed by atoms with Crippen molar-refractivity contribution in [2.75, 3.05) is 0 Å². The molecule has 0 saturated carbocycles. The molecule has 0 aliphatic rings. The van der Waals surface area contributed by atoms with E-state index in [9.17, 15) is 5.26 Å². The number of hydrogen-bond donors (Lipinski definition) is 0. The Balaban J connectivity index is 2.21. The standard InChI is InChI=1S/C22H25N3/c1-5-17(6-2)22-24-20-11-15(3)16(4)12-21(20)25(22)14-19-10-8-7-9-18(19)13-23/h7-12,17H,5-6,14H2,1-4H3. The van der Waals surface area contributed by atoms with Gasteiger partial charge in [0.05, 0.1) is 29.2 Å². The van der Waals surface area contributed by atoms with Crippen LogP contribution in [0.4, 0.5) is 0 Å². The fourth-order valence-electron chi connectivity index (χ4n) is 3.47. The normalized spacial score (nSPS) is 11.2. The van der Waals surface area contributed by atoms with Crippen LogP contribution in [0, 0.1) is 25.2 Å². The third-order valence-corrected chi connectivity index (χ3v) is 5.21. The molecule has 0 radical (unpaired) electrons. The Bertz CT molecular complexity index is 940. The molecule has 25 heavy (non-hydrogen) atoms. The fraction of sp³-hybridized carbons (Fsp3) is 0.364. The van der Waals surface area contributed by atoms with Gasteiger partial charge in [0, 0.05) is 5.92 Å². The number of rotatable bonds is 5. The molecule has 3 rings (SSSR count). The first-order valence-corrected chi connectivity index (χ1v) is 9.04. The number of imidazole rings is 1. The highest BCUT2D eigenvalue weighted by Gasteiger charge is 2.19. The molecule has 0 aliphatic heterocycles. The smallest absolute Gasteiger partial charge is 0.113 e. The van der Waals surface area contributed by atoms with E-state index >= 15 is 0 Å². The van der Waals surface area contributed by atoms with Gasteiger partial charge in [0.1, 0.15) is 5.82 Å². The minimum absolute atomic E-state index is 0.433. The van der Waals surface area contributed by atoms with E-state index in [2.05, 4.69) is 50.5 Å². The summed E-state index contributed by atoms with van der Waals surface area (Å²) in [7, 11) is 0. The first-order valence-electron chi connectivity index (χ1n) is 9.04. The van der Waals surface area contributed by atoms with Crippen LogP contribution in [0.3, 0.4) is 0 Å². The summed E-state index contributed by atoms with van der Waals surface area (Å²) < 4.78 is 2.32. The molecule has 0 unspecified atom stereocenters. The molecule has 0 atom stereocenters. The number of nitriles is 1. The van der Waals surface area contributed by atoms with Gasteiger partial charge in [-0.15, -0.1) is 0 Å². The molecule has 0 bridgehead atoms. The molecule has 2 aromatic carbocycles. The second-order valence-electron chi connectivity index (χ2n) is 6.76. The van der Waals surface area contributed by atoms with Crippen molar-refractivity contribution in [2.45, 2.75) is 53.0 Å². The summed E-state index contributed by atoms with van der Waals surface area (Å²) in [5.41, 5.74) is 6.56. The maximum absolute atomic E-state index is 9.44. The predicted molar refractivity (Wildman–Crippen MR) is 103 cm³/mol. The molecule has 0 N–H and O–H groups in total. The highest BCUT2D eigenvalue weighted by molar-refractivity contribution is 5.78. The van der Waals surface area contributed by atoms with Crippen LogP contribution in [-0.2, 0) is 6.54 Å². The number of fused-ring (bicyclic) bond motifs is 1. The molecular formula is C22H25N3. The molecule has 0 fully saturated rings. The van der Waals surface area contributed by atoms with Crippen LogP contribution >= 0.6 is 0 Å². The van der Waals surface area contributed by atoms with Gasteiger partial charge in [-0.05, 0) is 61.6 Å². The molecule has 3 nitrogen and oxygen atoms in total. The van der Waals surface area contributed by atoms with E-state index in [1.165, 1.54) is 11.1 Å². The van der Waals surface area contributed by atoms with Crippen molar-refractivity contribution in [3.05, 3.63) is 64.5 Å². The zero-order valence-corrected chi connectivity index (χ0v) is 15.5. The number of hydrogen-bond acceptors (Lipinski definition) is 2. The number of nitrogens with zero attached hydrogens (tertiary/aromatic N) is 3. The second kappa shape index (κ2) is 7.11. The van der Waals surface area contributed by atoms with E-state index in [4.69, 9.17) is 4.98 Å². The average molecular weight is 331 g/mol. The van der Waals surface area contributed by atoms with Crippen LogP contribution in [0.5, 0.6) is 0 Å². The summed E-state index contributed by atoms with van der Waals surface area (Å²) in [4.78, 5) is 4.99. The zero-order chi connectivity index (χ0) is 18.0. The second-order valence-corrected chi connectivity index (χ2v) is 6.76. The summed E-state index contributed by atoms with van der Waals surface area (Å²) in [5.74, 6) is 1.57. The van der Waals surface area contributed by atoms with Crippen molar-refractivity contribution in [1.82, 2.24) is 9.55 Å². The van der Waals surface area contributed by atoms with E-state index < -0.39 is 0 Å². The molecular weight excluding hydrogens is 306 g/mol. The third-order valence-electron chi connectivity index (χ3n) is 5.21. The van der Waals surface area contributed by atoms with E-state index in [-0.39, 0.29) is 0 Å². The van der Waals surface area contributed by atoms with Crippen LogP contribution in [0.15, 0.2) is 36.4 Å². The summed E-state index contributed by atoms with van der Waals surface area (Å²) in [6.45, 7) is 9.41. The SMILES string of the molecule is CCC(CC)c1nc2cc(C)c(C)cc2n1Cc1ccccc1C#N. The molecule has 3 heteroatoms. The molecule has 0 aliphatic carbocycles. The Hall–Kier alpha value is -2.60. The Kier molecular flexibility index (Phi) is 4.90. The summed E-state index contributed by atoms with van der Waals surface area (Å²) >= 11 is 0. The summed E-state index contributed by atoms with van der Waals surface area (Å²) in [6.07, 6.45) is 2.13. The first kappa shape index (κ1) is 17.2. The maximum atomic E-state index is 9.44. The first-order chi connectivity index (χ1) is 12.1. The van der Waals surface area contributed by atoms with Gasteiger partial charge in [0.2, 0.25) is 0 Å². The highest BCUT2D eigenvalue weighted by atomic mass is 15.1. The molecule has 0 amide bonds. The van der Waals surface area contributed by atoms with E-state index in [1.807, 2.05) is 24.3 Å². The van der Waals surface area contributed by atoms with E-state index in [0.717, 1.165) is 40.8 Å². The van der Waals surface area contributed by atoms with Gasteiger partial charge in [-0.1, -0.05) is 32.0 Å². The largest absolute Gasteiger partial charge is 0.323 e. The topological polar surface area (TPSA) is 41.6 Å². The maximum Gasteiger partial charge on any atom is 0.113 e. The Labute approximate surface area is 149 Å². The highest BCUT2D eigenvalue weighted by Crippen LogP contribution is 2.29. The van der Waals surface area contributed by atoms with Crippen molar-refractivity contribution in [3.63, 3.8) is 0 Å². The van der Waals surface area contributed by atoms with Crippen molar-refractivity contribution >= 4 is 11.0 Å². The van der Waals surface area contributed by atoms with Crippen LogP contribution in [0.25, 0.3) is 11.0 Å². The van der Waals surface area contributed by atoms with Crippen LogP contribution in [0.2, 0.25) is 0 Å². The van der Waals surface area contributed by atoms with E-state index in [0.29, 0.717) is 12.5 Å². The fourth-order valence-corrected chi connectivity index (χ4v) is 3.47. The molecule has 0 spiro atoms. The minimum Gasteiger partial charge on any atom is -0.323 e. The molecule has 1 heterocycles. The third kappa shape index (κ3) is 3.17. The van der Waals surface area contributed by atoms with Gasteiger partial charge in [-0.3, -0.25) is 0 Å². The quantitative estimate of drug-likeness (QED) is 0.621. The number of aromatic nitrogens is 2. The van der Waals surface area contributed by atoms with Gasteiger partial charge < -0.3 is 4.57 Å². The lowest BCUT2D eigenvalue weighted by molar-refractivity contribution is 0.570. The average Bonchev–Trinajstić information content (AvgIpc) is 2.94. The minimum atomic E-state index is 0.433. The van der Waals surface area contributed by atoms with Crippen LogP contribution in [-0.4, -0.2) is 9.55 Å². The number of aryl methyl sites for hydroxylation is 2. The Morgan fingerprint density at radius 3 is 2.44 bits per heavy atom. The number of benzene rings is 2. The Morgan fingerprint density at radius 1 is 1.08 bits per heavy atom. The van der Waals surface area contributed by atoms with Gasteiger partial charge >= 0.3 is 0 Å². The zero-order valence-electron chi connectivity index (χ0n) is 15.5. The van der Waals surface area contributed by atoms with Gasteiger partial charge in [-0.25, -0.2) is 4.98 Å². The molecule has 3 aromatic rings. The molecule has 1 aromatic heterocycles.